The van der Waals surface area contributed by atoms with Crippen molar-refractivity contribution in [1.82, 2.24) is 20.4 Å². The molecule has 2 heterocycles. The largest absolute Gasteiger partial charge is 0.353 e. The van der Waals surface area contributed by atoms with Gasteiger partial charge in [-0.05, 0) is 31.7 Å². The third-order valence-corrected chi connectivity index (χ3v) is 5.78. The summed E-state index contributed by atoms with van der Waals surface area (Å²) in [5.41, 5.74) is 1.37. The summed E-state index contributed by atoms with van der Waals surface area (Å²) < 4.78 is 0. The molecule has 26 heavy (non-hydrogen) atoms. The van der Waals surface area contributed by atoms with Gasteiger partial charge in [0.05, 0.1) is 5.52 Å². The van der Waals surface area contributed by atoms with E-state index in [0.717, 1.165) is 36.6 Å². The number of rotatable bonds is 3. The average Bonchev–Trinajstić information content (AvgIpc) is 3.13. The third-order valence-electron chi connectivity index (χ3n) is 5.78. The number of nitrogens with one attached hydrogen (secondary N) is 2. The molecule has 0 radical (unpaired) electrons. The van der Waals surface area contributed by atoms with Crippen LogP contribution in [0.2, 0.25) is 0 Å². The molecule has 4 rings (SSSR count). The smallest absolute Gasteiger partial charge is 0.274 e. The van der Waals surface area contributed by atoms with E-state index in [2.05, 4.69) is 15.5 Å². The van der Waals surface area contributed by atoms with Gasteiger partial charge in [0.1, 0.15) is 0 Å². The first-order valence-electron chi connectivity index (χ1n) is 9.75. The van der Waals surface area contributed by atoms with E-state index in [1.165, 1.54) is 19.3 Å². The summed E-state index contributed by atoms with van der Waals surface area (Å²) in [5.74, 6) is 0.381. The molecular formula is C20H26N4O2. The molecule has 138 valence electrons. The normalized spacial score (nSPS) is 19.6. The van der Waals surface area contributed by atoms with Gasteiger partial charge in [-0.2, -0.15) is 5.10 Å². The van der Waals surface area contributed by atoms with Crippen molar-refractivity contribution >= 4 is 22.7 Å². The summed E-state index contributed by atoms with van der Waals surface area (Å²) in [4.78, 5) is 27.1. The Bertz CT molecular complexity index is 786. The number of aromatic nitrogens is 2. The number of nitrogens with zero attached hydrogens (tertiary/aromatic N) is 2. The van der Waals surface area contributed by atoms with E-state index in [9.17, 15) is 9.59 Å². The maximum absolute atomic E-state index is 12.8. The van der Waals surface area contributed by atoms with E-state index in [1.54, 1.807) is 0 Å². The quantitative estimate of drug-likeness (QED) is 0.890. The topological polar surface area (TPSA) is 78.1 Å². The van der Waals surface area contributed by atoms with Gasteiger partial charge in [-0.3, -0.25) is 14.7 Å². The van der Waals surface area contributed by atoms with Gasteiger partial charge in [0.15, 0.2) is 5.69 Å². The van der Waals surface area contributed by atoms with Crippen LogP contribution in [0.4, 0.5) is 0 Å². The molecule has 1 aromatic carbocycles. The highest BCUT2D eigenvalue weighted by molar-refractivity contribution is 6.04. The summed E-state index contributed by atoms with van der Waals surface area (Å²) in [6.07, 6.45) is 7.27. The second kappa shape index (κ2) is 7.48. The van der Waals surface area contributed by atoms with Crippen LogP contribution >= 0.6 is 0 Å². The number of likely N-dealkylation sites (tertiary alicyclic amines) is 1. The fourth-order valence-electron chi connectivity index (χ4n) is 4.19. The van der Waals surface area contributed by atoms with E-state index >= 15 is 0 Å². The molecule has 2 N–H and O–H groups in total. The molecule has 1 aromatic heterocycles. The highest BCUT2D eigenvalue weighted by atomic mass is 16.2. The van der Waals surface area contributed by atoms with Gasteiger partial charge in [0.25, 0.3) is 5.91 Å². The number of hydrogen-bond donors (Lipinski definition) is 2. The Labute approximate surface area is 153 Å². The van der Waals surface area contributed by atoms with Crippen LogP contribution < -0.4 is 5.32 Å². The van der Waals surface area contributed by atoms with Crippen molar-refractivity contribution < 1.29 is 9.59 Å². The molecule has 2 aliphatic rings. The van der Waals surface area contributed by atoms with Gasteiger partial charge in [-0.15, -0.1) is 0 Å². The molecule has 0 unspecified atom stereocenters. The third kappa shape index (κ3) is 3.45. The van der Waals surface area contributed by atoms with Crippen molar-refractivity contribution in [1.29, 1.82) is 0 Å². The lowest BCUT2D eigenvalue weighted by Gasteiger charge is -2.33. The molecule has 0 spiro atoms. The van der Waals surface area contributed by atoms with Crippen molar-refractivity contribution in [2.75, 3.05) is 13.1 Å². The summed E-state index contributed by atoms with van der Waals surface area (Å²) in [6.45, 7) is 1.32. The molecule has 6 heteroatoms. The van der Waals surface area contributed by atoms with Crippen molar-refractivity contribution in [3.05, 3.63) is 30.0 Å². The Morgan fingerprint density at radius 3 is 2.54 bits per heavy atom. The Morgan fingerprint density at radius 1 is 1.04 bits per heavy atom. The minimum absolute atomic E-state index is 0.0282. The molecule has 6 nitrogen and oxygen atoms in total. The van der Waals surface area contributed by atoms with Crippen molar-refractivity contribution in [3.8, 4) is 0 Å². The monoisotopic (exact) mass is 354 g/mol. The first-order valence-corrected chi connectivity index (χ1v) is 9.75. The van der Waals surface area contributed by atoms with E-state index in [4.69, 9.17) is 0 Å². The first kappa shape index (κ1) is 17.1. The summed E-state index contributed by atoms with van der Waals surface area (Å²) in [7, 11) is 0. The van der Waals surface area contributed by atoms with Crippen molar-refractivity contribution in [2.24, 2.45) is 5.92 Å². The zero-order valence-electron chi connectivity index (χ0n) is 15.0. The maximum Gasteiger partial charge on any atom is 0.274 e. The van der Waals surface area contributed by atoms with Crippen molar-refractivity contribution in [3.63, 3.8) is 0 Å². The number of aromatic amines is 1. The molecule has 0 bridgehead atoms. The predicted molar refractivity (Wildman–Crippen MR) is 99.7 cm³/mol. The van der Waals surface area contributed by atoms with Crippen LogP contribution in [0.25, 0.3) is 10.9 Å². The molecule has 2 amide bonds. The zero-order valence-corrected chi connectivity index (χ0v) is 15.0. The van der Waals surface area contributed by atoms with Crippen LogP contribution in [0.1, 0.15) is 55.4 Å². The molecule has 1 saturated carbocycles. The predicted octanol–water partition coefficient (Wildman–Crippen LogP) is 2.86. The number of carbonyl (C=O) groups excluding carboxylic acids is 2. The van der Waals surface area contributed by atoms with Gasteiger partial charge in [0, 0.05) is 30.4 Å². The Morgan fingerprint density at radius 2 is 1.77 bits per heavy atom. The number of fused-ring (bicyclic) bond motifs is 1. The van der Waals surface area contributed by atoms with Crippen molar-refractivity contribution in [2.45, 2.75) is 51.0 Å². The second-order valence-electron chi connectivity index (χ2n) is 7.53. The highest BCUT2D eigenvalue weighted by Gasteiger charge is 2.28. The Kier molecular flexibility index (Phi) is 4.91. The maximum atomic E-state index is 12.8. The Balaban J connectivity index is 1.33. The fraction of sp³-hybridized carbons (Fsp3) is 0.550. The first-order chi connectivity index (χ1) is 12.7. The minimum Gasteiger partial charge on any atom is -0.353 e. The molecular weight excluding hydrogens is 328 g/mol. The van der Waals surface area contributed by atoms with Crippen LogP contribution in [0, 0.1) is 5.92 Å². The van der Waals surface area contributed by atoms with E-state index in [-0.39, 0.29) is 23.8 Å². The number of hydrogen-bond acceptors (Lipinski definition) is 3. The van der Waals surface area contributed by atoms with Crippen LogP contribution in [0.5, 0.6) is 0 Å². The van der Waals surface area contributed by atoms with Gasteiger partial charge in [-0.25, -0.2) is 0 Å². The van der Waals surface area contributed by atoms with Crippen LogP contribution in [-0.4, -0.2) is 46.0 Å². The summed E-state index contributed by atoms with van der Waals surface area (Å²) in [5, 5.41) is 11.2. The minimum atomic E-state index is -0.0282. The zero-order chi connectivity index (χ0) is 17.9. The highest BCUT2D eigenvalue weighted by Crippen LogP contribution is 2.24. The van der Waals surface area contributed by atoms with Gasteiger partial charge < -0.3 is 10.2 Å². The lowest BCUT2D eigenvalue weighted by molar-refractivity contribution is -0.126. The SMILES string of the molecule is O=C(NC1CCN(C(=O)c2n[nH]c3ccccc23)CC1)C1CCCCC1. The Hall–Kier alpha value is -2.37. The van der Waals surface area contributed by atoms with Crippen LogP contribution in [0.3, 0.4) is 0 Å². The van der Waals surface area contributed by atoms with E-state index in [0.29, 0.717) is 18.8 Å². The van der Waals surface area contributed by atoms with Gasteiger partial charge in [-0.1, -0.05) is 37.5 Å². The number of benzene rings is 1. The number of amides is 2. The van der Waals surface area contributed by atoms with Crippen LogP contribution in [0.15, 0.2) is 24.3 Å². The summed E-state index contributed by atoms with van der Waals surface area (Å²) in [6, 6.07) is 7.87. The number of piperidine rings is 1. The summed E-state index contributed by atoms with van der Waals surface area (Å²) >= 11 is 0. The van der Waals surface area contributed by atoms with Crippen LogP contribution in [-0.2, 0) is 4.79 Å². The van der Waals surface area contributed by atoms with E-state index < -0.39 is 0 Å². The van der Waals surface area contributed by atoms with Gasteiger partial charge in [0.2, 0.25) is 5.91 Å². The standard InChI is InChI=1S/C20H26N4O2/c25-19(14-6-2-1-3-7-14)21-15-10-12-24(13-11-15)20(26)18-16-8-4-5-9-17(16)22-23-18/h4-5,8-9,14-15H,1-3,6-7,10-13H2,(H,21,25)(H,22,23). The number of H-pyrrole nitrogens is 1. The second-order valence-corrected chi connectivity index (χ2v) is 7.53. The number of para-hydroxylation sites is 1. The van der Waals surface area contributed by atoms with Gasteiger partial charge >= 0.3 is 0 Å². The molecule has 1 aliphatic heterocycles. The fourth-order valence-corrected chi connectivity index (χ4v) is 4.19. The molecule has 1 aliphatic carbocycles. The van der Waals surface area contributed by atoms with E-state index in [1.807, 2.05) is 29.2 Å². The lowest BCUT2D eigenvalue weighted by Crippen LogP contribution is -2.48. The molecule has 2 aromatic rings. The lowest BCUT2D eigenvalue weighted by atomic mass is 9.88. The molecule has 0 atom stereocenters. The molecule has 2 fully saturated rings. The molecule has 1 saturated heterocycles. The average molecular weight is 354 g/mol. The number of carbonyl (C=O) groups is 2.